The predicted octanol–water partition coefficient (Wildman–Crippen LogP) is 0.584. The van der Waals surface area contributed by atoms with E-state index in [0.717, 1.165) is 25.7 Å². The molecule has 0 aliphatic heterocycles. The second-order valence-electron chi connectivity index (χ2n) is 4.64. The van der Waals surface area contributed by atoms with Gasteiger partial charge in [0.25, 0.3) is 0 Å². The molecule has 0 aromatic heterocycles. The standard InChI is InChI=1S/C11H20N2O2/c1-7-2-4-8(5-3-7)11(15)9(12)6-10(13)14/h7-9H,2-6,12H2,1H3,(H2,13,14)/t7?,8?,9-/m0/s1. The van der Waals surface area contributed by atoms with Gasteiger partial charge in [-0.3, -0.25) is 9.59 Å². The van der Waals surface area contributed by atoms with Gasteiger partial charge in [-0.1, -0.05) is 19.8 Å². The lowest BCUT2D eigenvalue weighted by Crippen LogP contribution is -2.39. The molecular weight excluding hydrogens is 192 g/mol. The number of amides is 1. The average Bonchev–Trinajstić information content (AvgIpc) is 2.17. The van der Waals surface area contributed by atoms with E-state index in [9.17, 15) is 9.59 Å². The number of nitrogens with two attached hydrogens (primary N) is 2. The Bertz CT molecular complexity index is 245. The molecule has 0 unspecified atom stereocenters. The van der Waals surface area contributed by atoms with Gasteiger partial charge in [0.15, 0.2) is 5.78 Å². The highest BCUT2D eigenvalue weighted by atomic mass is 16.1. The molecule has 0 bridgehead atoms. The lowest BCUT2D eigenvalue weighted by Gasteiger charge is -2.26. The van der Waals surface area contributed by atoms with Gasteiger partial charge < -0.3 is 11.5 Å². The summed E-state index contributed by atoms with van der Waals surface area (Å²) in [6, 6.07) is -0.694. The number of hydrogen-bond donors (Lipinski definition) is 2. The molecule has 15 heavy (non-hydrogen) atoms. The molecule has 4 N–H and O–H groups in total. The maximum absolute atomic E-state index is 11.8. The number of Topliss-reactive ketones (excluding diaryl/α,β-unsaturated/α-hetero) is 1. The first-order valence-corrected chi connectivity index (χ1v) is 5.58. The minimum absolute atomic E-state index is 0.0145. The van der Waals surface area contributed by atoms with Gasteiger partial charge in [0, 0.05) is 12.3 Å². The number of hydrogen-bond acceptors (Lipinski definition) is 3. The number of ketones is 1. The molecule has 86 valence electrons. The summed E-state index contributed by atoms with van der Waals surface area (Å²) >= 11 is 0. The number of carbonyl (C=O) groups is 2. The molecule has 1 saturated carbocycles. The molecular formula is C11H20N2O2. The molecule has 1 rings (SSSR count). The minimum atomic E-state index is -0.694. The van der Waals surface area contributed by atoms with Crippen molar-refractivity contribution in [2.24, 2.45) is 23.3 Å². The second-order valence-corrected chi connectivity index (χ2v) is 4.64. The summed E-state index contributed by atoms with van der Waals surface area (Å²) in [5.74, 6) is 0.276. The van der Waals surface area contributed by atoms with Crippen molar-refractivity contribution >= 4 is 11.7 Å². The van der Waals surface area contributed by atoms with Gasteiger partial charge in [0.1, 0.15) is 0 Å². The van der Waals surface area contributed by atoms with E-state index in [4.69, 9.17) is 11.5 Å². The second kappa shape index (κ2) is 5.26. The Hall–Kier alpha value is -0.900. The van der Waals surface area contributed by atoms with Crippen molar-refractivity contribution in [1.82, 2.24) is 0 Å². The highest BCUT2D eigenvalue weighted by Crippen LogP contribution is 2.29. The zero-order chi connectivity index (χ0) is 11.4. The fraction of sp³-hybridized carbons (Fsp3) is 0.818. The molecule has 0 spiro atoms. The van der Waals surface area contributed by atoms with E-state index in [0.29, 0.717) is 5.92 Å². The van der Waals surface area contributed by atoms with Crippen LogP contribution in [0.2, 0.25) is 0 Å². The van der Waals surface area contributed by atoms with E-state index in [1.807, 2.05) is 0 Å². The Balaban J connectivity index is 2.42. The largest absolute Gasteiger partial charge is 0.370 e. The monoisotopic (exact) mass is 212 g/mol. The van der Waals surface area contributed by atoms with Crippen LogP contribution < -0.4 is 11.5 Å². The molecule has 4 heteroatoms. The molecule has 0 saturated heterocycles. The Morgan fingerprint density at radius 3 is 2.27 bits per heavy atom. The fourth-order valence-corrected chi connectivity index (χ4v) is 2.16. The van der Waals surface area contributed by atoms with E-state index in [1.54, 1.807) is 0 Å². The third-order valence-electron chi connectivity index (χ3n) is 3.20. The first-order chi connectivity index (χ1) is 7.00. The molecule has 1 atom stereocenters. The van der Waals surface area contributed by atoms with Crippen LogP contribution in [0.4, 0.5) is 0 Å². The van der Waals surface area contributed by atoms with E-state index in [2.05, 4.69) is 6.92 Å². The molecule has 0 radical (unpaired) electrons. The van der Waals surface area contributed by atoms with Crippen LogP contribution in [0.1, 0.15) is 39.0 Å². The van der Waals surface area contributed by atoms with Gasteiger partial charge in [0.2, 0.25) is 5.91 Å². The molecule has 0 aromatic carbocycles. The zero-order valence-corrected chi connectivity index (χ0v) is 9.24. The molecule has 1 fully saturated rings. The van der Waals surface area contributed by atoms with E-state index >= 15 is 0 Å². The summed E-state index contributed by atoms with van der Waals surface area (Å²) < 4.78 is 0. The summed E-state index contributed by atoms with van der Waals surface area (Å²) in [4.78, 5) is 22.4. The van der Waals surface area contributed by atoms with Crippen molar-refractivity contribution < 1.29 is 9.59 Å². The Labute approximate surface area is 90.4 Å². The summed E-state index contributed by atoms with van der Waals surface area (Å²) in [6.45, 7) is 2.20. The summed E-state index contributed by atoms with van der Waals surface area (Å²) in [7, 11) is 0. The summed E-state index contributed by atoms with van der Waals surface area (Å²) in [5, 5.41) is 0. The number of rotatable bonds is 4. The van der Waals surface area contributed by atoms with Crippen LogP contribution in [0.5, 0.6) is 0 Å². The van der Waals surface area contributed by atoms with Crippen molar-refractivity contribution in [2.45, 2.75) is 45.1 Å². The predicted molar refractivity (Wildman–Crippen MR) is 57.9 cm³/mol. The fourth-order valence-electron chi connectivity index (χ4n) is 2.16. The minimum Gasteiger partial charge on any atom is -0.370 e. The summed E-state index contributed by atoms with van der Waals surface area (Å²) in [6.07, 6.45) is 3.96. The van der Waals surface area contributed by atoms with E-state index < -0.39 is 11.9 Å². The van der Waals surface area contributed by atoms with Gasteiger partial charge in [-0.05, 0) is 18.8 Å². The third-order valence-corrected chi connectivity index (χ3v) is 3.20. The Morgan fingerprint density at radius 1 is 1.27 bits per heavy atom. The highest BCUT2D eigenvalue weighted by molar-refractivity contribution is 5.90. The van der Waals surface area contributed by atoms with E-state index in [1.165, 1.54) is 0 Å². The Kier molecular flexibility index (Phi) is 4.27. The van der Waals surface area contributed by atoms with Crippen LogP contribution >= 0.6 is 0 Å². The Morgan fingerprint density at radius 2 is 1.80 bits per heavy atom. The molecule has 0 aromatic rings. The van der Waals surface area contributed by atoms with Crippen molar-refractivity contribution in [1.29, 1.82) is 0 Å². The maximum atomic E-state index is 11.8. The van der Waals surface area contributed by atoms with Gasteiger partial charge >= 0.3 is 0 Å². The molecule has 0 heterocycles. The van der Waals surface area contributed by atoms with Gasteiger partial charge in [0.05, 0.1) is 6.04 Å². The van der Waals surface area contributed by atoms with Crippen molar-refractivity contribution in [3.63, 3.8) is 0 Å². The van der Waals surface area contributed by atoms with Gasteiger partial charge in [-0.2, -0.15) is 0 Å². The van der Waals surface area contributed by atoms with Crippen LogP contribution in [0, 0.1) is 11.8 Å². The van der Waals surface area contributed by atoms with Crippen LogP contribution in [0.15, 0.2) is 0 Å². The smallest absolute Gasteiger partial charge is 0.219 e. The molecule has 1 aliphatic rings. The topological polar surface area (TPSA) is 86.2 Å². The molecule has 1 amide bonds. The normalized spacial score (nSPS) is 28.4. The third kappa shape index (κ3) is 3.63. The van der Waals surface area contributed by atoms with Crippen LogP contribution in [-0.4, -0.2) is 17.7 Å². The molecule has 1 aliphatic carbocycles. The lowest BCUT2D eigenvalue weighted by atomic mass is 9.79. The van der Waals surface area contributed by atoms with Crippen molar-refractivity contribution in [2.75, 3.05) is 0 Å². The van der Waals surface area contributed by atoms with Gasteiger partial charge in [-0.15, -0.1) is 0 Å². The van der Waals surface area contributed by atoms with Crippen molar-refractivity contribution in [3.05, 3.63) is 0 Å². The molecule has 4 nitrogen and oxygen atoms in total. The van der Waals surface area contributed by atoms with Crippen molar-refractivity contribution in [3.8, 4) is 0 Å². The number of primary amides is 1. The maximum Gasteiger partial charge on any atom is 0.219 e. The lowest BCUT2D eigenvalue weighted by molar-refractivity contribution is -0.128. The zero-order valence-electron chi connectivity index (χ0n) is 9.24. The first-order valence-electron chi connectivity index (χ1n) is 5.58. The van der Waals surface area contributed by atoms with E-state index in [-0.39, 0.29) is 18.1 Å². The van der Waals surface area contributed by atoms with Crippen LogP contribution in [-0.2, 0) is 9.59 Å². The highest BCUT2D eigenvalue weighted by Gasteiger charge is 2.28. The van der Waals surface area contributed by atoms with Crippen LogP contribution in [0.25, 0.3) is 0 Å². The average molecular weight is 212 g/mol. The summed E-state index contributed by atoms with van der Waals surface area (Å²) in [5.41, 5.74) is 10.6. The van der Waals surface area contributed by atoms with Crippen LogP contribution in [0.3, 0.4) is 0 Å². The first kappa shape index (κ1) is 12.2. The quantitative estimate of drug-likeness (QED) is 0.714. The van der Waals surface area contributed by atoms with Gasteiger partial charge in [-0.25, -0.2) is 0 Å². The SMILES string of the molecule is CC1CCC(C(=O)[C@@H](N)CC(N)=O)CC1. The number of carbonyl (C=O) groups excluding carboxylic acids is 2.